The van der Waals surface area contributed by atoms with Crippen molar-refractivity contribution in [2.75, 3.05) is 42.1 Å². The van der Waals surface area contributed by atoms with Crippen LogP contribution < -0.4 is 21.3 Å². The van der Waals surface area contributed by atoms with E-state index in [2.05, 4.69) is 20.5 Å². The van der Waals surface area contributed by atoms with Gasteiger partial charge in [0, 0.05) is 61.1 Å². The van der Waals surface area contributed by atoms with E-state index in [4.69, 9.17) is 16.1 Å². The molecule has 3 heterocycles. The summed E-state index contributed by atoms with van der Waals surface area (Å²) >= 11 is 0. The van der Waals surface area contributed by atoms with Crippen LogP contribution in [0.4, 0.5) is 23.1 Å². The highest BCUT2D eigenvalue weighted by atomic mass is 15.3. The number of hydrogen-bond donors (Lipinski definition) is 4. The minimum Gasteiger partial charge on any atom is -0.398 e. The van der Waals surface area contributed by atoms with Crippen molar-refractivity contribution in [1.29, 1.82) is 5.41 Å². The van der Waals surface area contributed by atoms with Crippen LogP contribution >= 0.6 is 0 Å². The minimum atomic E-state index is 0.508. The van der Waals surface area contributed by atoms with Gasteiger partial charge < -0.3 is 26.7 Å². The second-order valence-electron chi connectivity index (χ2n) is 7.40. The monoisotopic (exact) mass is 351 g/mol. The van der Waals surface area contributed by atoms with Gasteiger partial charge in [-0.1, -0.05) is 0 Å². The first-order chi connectivity index (χ1) is 12.6. The van der Waals surface area contributed by atoms with Crippen LogP contribution in [-0.4, -0.2) is 42.4 Å². The Balaban J connectivity index is 1.52. The minimum absolute atomic E-state index is 0.508. The second kappa shape index (κ2) is 6.57. The third-order valence-corrected chi connectivity index (χ3v) is 5.46. The van der Waals surface area contributed by atoms with E-state index in [1.807, 2.05) is 25.1 Å². The number of anilines is 4. The predicted molar refractivity (Wildman–Crippen MR) is 106 cm³/mol. The molecule has 1 spiro atoms. The first-order valence-electron chi connectivity index (χ1n) is 9.05. The van der Waals surface area contributed by atoms with E-state index in [9.17, 15) is 0 Å². The molecule has 5 N–H and O–H groups in total. The zero-order chi connectivity index (χ0) is 18.1. The third-order valence-electron chi connectivity index (χ3n) is 5.46. The van der Waals surface area contributed by atoms with Gasteiger partial charge in [0.2, 0.25) is 5.95 Å². The molecule has 7 nitrogen and oxygen atoms in total. The Labute approximate surface area is 153 Å². The molecule has 0 unspecified atom stereocenters. The highest BCUT2D eigenvalue weighted by Gasteiger charge is 2.40. The lowest BCUT2D eigenvalue weighted by Gasteiger charge is -2.48. The Hall–Kier alpha value is -2.67. The largest absolute Gasteiger partial charge is 0.398 e. The first-order valence-corrected chi connectivity index (χ1v) is 9.05. The number of rotatable bonds is 4. The van der Waals surface area contributed by atoms with E-state index in [1.165, 1.54) is 19.1 Å². The number of piperidine rings is 1. The van der Waals surface area contributed by atoms with Crippen LogP contribution in [-0.2, 0) is 0 Å². The molecule has 2 saturated heterocycles. The third kappa shape index (κ3) is 3.22. The molecule has 1 aromatic carbocycles. The van der Waals surface area contributed by atoms with Crippen LogP contribution in [0.5, 0.6) is 0 Å². The van der Waals surface area contributed by atoms with Crippen molar-refractivity contribution >= 4 is 29.4 Å². The van der Waals surface area contributed by atoms with Crippen molar-refractivity contribution < 1.29 is 0 Å². The molecule has 2 aromatic rings. The molecule has 0 amide bonds. The topological polar surface area (TPSA) is 103 Å². The average molecular weight is 351 g/mol. The van der Waals surface area contributed by atoms with Crippen LogP contribution in [0.15, 0.2) is 24.3 Å². The highest BCUT2D eigenvalue weighted by molar-refractivity contribution is 5.87. The van der Waals surface area contributed by atoms with Gasteiger partial charge in [-0.3, -0.25) is 0 Å². The fraction of sp³-hybridized carbons (Fsp3) is 0.421. The normalized spacial score (nSPS) is 18.4. The molecule has 0 bridgehead atoms. The van der Waals surface area contributed by atoms with E-state index in [0.29, 0.717) is 16.7 Å². The maximum atomic E-state index is 7.45. The Morgan fingerprint density at radius 1 is 1.23 bits per heavy atom. The summed E-state index contributed by atoms with van der Waals surface area (Å²) in [5.74, 6) is 1.55. The van der Waals surface area contributed by atoms with Gasteiger partial charge in [-0.15, -0.1) is 0 Å². The second-order valence-corrected chi connectivity index (χ2v) is 7.40. The summed E-state index contributed by atoms with van der Waals surface area (Å²) in [6.07, 6.45) is 3.65. The number of nitrogens with zero attached hydrogens (tertiary/aromatic N) is 3. The van der Waals surface area contributed by atoms with E-state index in [-0.39, 0.29) is 0 Å². The van der Waals surface area contributed by atoms with Crippen molar-refractivity contribution in [3.05, 3.63) is 35.5 Å². The molecule has 136 valence electrons. The van der Waals surface area contributed by atoms with Crippen LogP contribution in [0.2, 0.25) is 0 Å². The molecule has 26 heavy (non-hydrogen) atoms. The van der Waals surface area contributed by atoms with Gasteiger partial charge in [-0.2, -0.15) is 4.98 Å². The number of aromatic nitrogens is 2. The Kier molecular flexibility index (Phi) is 4.24. The molecule has 2 aliphatic heterocycles. The van der Waals surface area contributed by atoms with Crippen LogP contribution in [0.3, 0.4) is 0 Å². The number of nitrogens with two attached hydrogens (primary N) is 1. The van der Waals surface area contributed by atoms with Crippen molar-refractivity contribution in [2.24, 2.45) is 5.41 Å². The maximum absolute atomic E-state index is 7.45. The molecule has 2 fully saturated rings. The summed E-state index contributed by atoms with van der Waals surface area (Å²) in [6.45, 7) is 6.29. The maximum Gasteiger partial charge on any atom is 0.227 e. The molecule has 1 aromatic heterocycles. The standard InChI is InChI=1S/C19H25N7/c1-13-8-17(24-15-2-3-16(21)14(9-15)10-20)25-18(23-13)26-6-4-19(5-7-26)11-22-12-19/h2-3,8-10,20,22H,4-7,11-12,21H2,1H3,(H,23,24,25). The first kappa shape index (κ1) is 16.8. The molecule has 2 aliphatic rings. The van der Waals surface area contributed by atoms with Gasteiger partial charge >= 0.3 is 0 Å². The number of nitrogen functional groups attached to an aromatic ring is 1. The zero-order valence-corrected chi connectivity index (χ0v) is 15.0. The summed E-state index contributed by atoms with van der Waals surface area (Å²) in [5, 5.41) is 14.2. The molecule has 7 heteroatoms. The molecule has 0 saturated carbocycles. The van der Waals surface area contributed by atoms with Crippen LogP contribution in [0.1, 0.15) is 24.1 Å². The van der Waals surface area contributed by atoms with Gasteiger partial charge in [0.15, 0.2) is 0 Å². The average Bonchev–Trinajstić information content (AvgIpc) is 2.61. The van der Waals surface area contributed by atoms with Gasteiger partial charge in [0.1, 0.15) is 5.82 Å². The number of benzene rings is 1. The summed E-state index contributed by atoms with van der Waals surface area (Å²) in [6, 6.07) is 7.49. The van der Waals surface area contributed by atoms with E-state index in [0.717, 1.165) is 49.3 Å². The van der Waals surface area contributed by atoms with Crippen molar-refractivity contribution in [3.63, 3.8) is 0 Å². The van der Waals surface area contributed by atoms with Gasteiger partial charge in [-0.25, -0.2) is 4.98 Å². The fourth-order valence-corrected chi connectivity index (χ4v) is 3.70. The van der Waals surface area contributed by atoms with E-state index in [1.54, 1.807) is 6.07 Å². The molecule has 4 rings (SSSR count). The van der Waals surface area contributed by atoms with Crippen LogP contribution in [0, 0.1) is 17.7 Å². The lowest BCUT2D eigenvalue weighted by Crippen LogP contribution is -2.58. The lowest BCUT2D eigenvalue weighted by atomic mass is 9.73. The summed E-state index contributed by atoms with van der Waals surface area (Å²) in [7, 11) is 0. The quantitative estimate of drug-likeness (QED) is 0.498. The highest BCUT2D eigenvalue weighted by Crippen LogP contribution is 2.36. The van der Waals surface area contributed by atoms with E-state index < -0.39 is 0 Å². The molecular formula is C19H25N7. The Morgan fingerprint density at radius 2 is 2.00 bits per heavy atom. The van der Waals surface area contributed by atoms with E-state index >= 15 is 0 Å². The smallest absolute Gasteiger partial charge is 0.227 e. The number of nitrogens with one attached hydrogen (secondary N) is 3. The molecule has 0 aliphatic carbocycles. The zero-order valence-electron chi connectivity index (χ0n) is 15.0. The summed E-state index contributed by atoms with van der Waals surface area (Å²) < 4.78 is 0. The molecular weight excluding hydrogens is 326 g/mol. The Bertz CT molecular complexity index is 819. The Morgan fingerprint density at radius 3 is 2.65 bits per heavy atom. The SMILES string of the molecule is Cc1cc(Nc2ccc(N)c(C=N)c2)nc(N2CCC3(CC2)CNC3)n1. The predicted octanol–water partition coefficient (Wildman–Crippen LogP) is 2.30. The van der Waals surface area contributed by atoms with Crippen molar-refractivity contribution in [3.8, 4) is 0 Å². The molecule has 0 atom stereocenters. The summed E-state index contributed by atoms with van der Waals surface area (Å²) in [4.78, 5) is 11.6. The fourth-order valence-electron chi connectivity index (χ4n) is 3.70. The number of aryl methyl sites for hydroxylation is 1. The van der Waals surface area contributed by atoms with Crippen molar-refractivity contribution in [1.82, 2.24) is 15.3 Å². The molecule has 0 radical (unpaired) electrons. The van der Waals surface area contributed by atoms with Crippen LogP contribution in [0.25, 0.3) is 0 Å². The number of hydrogen-bond acceptors (Lipinski definition) is 7. The van der Waals surface area contributed by atoms with Gasteiger partial charge in [0.25, 0.3) is 0 Å². The van der Waals surface area contributed by atoms with Gasteiger partial charge in [0.05, 0.1) is 0 Å². The van der Waals surface area contributed by atoms with Crippen molar-refractivity contribution in [2.45, 2.75) is 19.8 Å². The van der Waals surface area contributed by atoms with Gasteiger partial charge in [-0.05, 0) is 43.4 Å². The summed E-state index contributed by atoms with van der Waals surface area (Å²) in [5.41, 5.74) is 9.45. The lowest BCUT2D eigenvalue weighted by molar-refractivity contribution is 0.126.